The van der Waals surface area contributed by atoms with Crippen molar-refractivity contribution in [3.63, 3.8) is 0 Å². The summed E-state index contributed by atoms with van der Waals surface area (Å²) < 4.78 is 27.8. The zero-order chi connectivity index (χ0) is 22.6. The molecule has 0 aliphatic carbocycles. The van der Waals surface area contributed by atoms with Gasteiger partial charge in [0.1, 0.15) is 0 Å². The Balaban J connectivity index is 1.59. The topological polar surface area (TPSA) is 90.0 Å². The summed E-state index contributed by atoms with van der Waals surface area (Å²) in [6, 6.07) is 6.48. The Hall–Kier alpha value is -2.13. The molecule has 3 rings (SSSR count). The number of carbonyl (C=O) groups is 2. The molecule has 1 aromatic rings. The van der Waals surface area contributed by atoms with Crippen LogP contribution in [0.4, 0.5) is 10.5 Å². The number of urea groups is 1. The molecule has 1 N–H and O–H groups in total. The first-order valence-electron chi connectivity index (χ1n) is 11.1. The van der Waals surface area contributed by atoms with Crippen molar-refractivity contribution < 1.29 is 18.0 Å². The fraction of sp³-hybridized carbons (Fsp3) is 0.636. The third-order valence-corrected chi connectivity index (χ3v) is 8.26. The van der Waals surface area contributed by atoms with Gasteiger partial charge in [0.15, 0.2) is 0 Å². The molecule has 9 heteroatoms. The fourth-order valence-electron chi connectivity index (χ4n) is 4.40. The minimum Gasteiger partial charge on any atom is -0.331 e. The van der Waals surface area contributed by atoms with Crippen LogP contribution in [0.2, 0.25) is 0 Å². The van der Waals surface area contributed by atoms with Gasteiger partial charge in [0, 0.05) is 51.4 Å². The summed E-state index contributed by atoms with van der Waals surface area (Å²) >= 11 is 0. The van der Waals surface area contributed by atoms with E-state index in [0.29, 0.717) is 38.2 Å². The quantitative estimate of drug-likeness (QED) is 0.747. The number of sulfonamides is 1. The number of anilines is 1. The van der Waals surface area contributed by atoms with Gasteiger partial charge < -0.3 is 15.1 Å². The standard InChI is InChI=1S/C22H34N4O4S/c1-4-19-7-5-6-14-26(19)31(29,30)20-10-8-18(9-11-20)23-21(27)17-12-15-25(16-13-17)22(28)24(2)3/h8-11,17,19H,4-7,12-16H2,1-3H3,(H,23,27)/t19-/m1/s1. The Labute approximate surface area is 185 Å². The summed E-state index contributed by atoms with van der Waals surface area (Å²) in [6.45, 7) is 3.70. The summed E-state index contributed by atoms with van der Waals surface area (Å²) in [7, 11) is -0.0894. The van der Waals surface area contributed by atoms with Crippen LogP contribution in [-0.2, 0) is 14.8 Å². The number of hydrogen-bond donors (Lipinski definition) is 1. The number of rotatable bonds is 5. The van der Waals surface area contributed by atoms with Crippen molar-refractivity contribution in [3.8, 4) is 0 Å². The number of hydrogen-bond acceptors (Lipinski definition) is 4. The van der Waals surface area contributed by atoms with Crippen LogP contribution in [0.25, 0.3) is 0 Å². The maximum absolute atomic E-state index is 13.1. The van der Waals surface area contributed by atoms with Crippen LogP contribution in [-0.4, -0.2) is 74.2 Å². The fourth-order valence-corrected chi connectivity index (χ4v) is 6.17. The average Bonchev–Trinajstić information content (AvgIpc) is 2.78. The van der Waals surface area contributed by atoms with Gasteiger partial charge in [-0.25, -0.2) is 13.2 Å². The van der Waals surface area contributed by atoms with E-state index in [1.807, 2.05) is 6.92 Å². The van der Waals surface area contributed by atoms with E-state index in [1.54, 1.807) is 52.5 Å². The lowest BCUT2D eigenvalue weighted by molar-refractivity contribution is -0.121. The van der Waals surface area contributed by atoms with Crippen molar-refractivity contribution in [2.24, 2.45) is 5.92 Å². The van der Waals surface area contributed by atoms with Crippen LogP contribution >= 0.6 is 0 Å². The Morgan fingerprint density at radius 2 is 1.68 bits per heavy atom. The second-order valence-electron chi connectivity index (χ2n) is 8.63. The molecule has 2 fully saturated rings. The summed E-state index contributed by atoms with van der Waals surface area (Å²) in [6.07, 6.45) is 4.91. The van der Waals surface area contributed by atoms with Crippen LogP contribution in [0.1, 0.15) is 45.4 Å². The van der Waals surface area contributed by atoms with E-state index in [0.717, 1.165) is 25.7 Å². The van der Waals surface area contributed by atoms with Gasteiger partial charge in [-0.1, -0.05) is 13.3 Å². The lowest BCUT2D eigenvalue weighted by atomic mass is 9.96. The highest BCUT2D eigenvalue weighted by atomic mass is 32.2. The van der Waals surface area contributed by atoms with E-state index >= 15 is 0 Å². The van der Waals surface area contributed by atoms with Crippen molar-refractivity contribution in [1.82, 2.24) is 14.1 Å². The largest absolute Gasteiger partial charge is 0.331 e. The molecule has 1 aromatic carbocycles. The van der Waals surface area contributed by atoms with Gasteiger partial charge >= 0.3 is 6.03 Å². The Bertz CT molecular complexity index is 877. The van der Waals surface area contributed by atoms with Gasteiger partial charge in [-0.2, -0.15) is 4.31 Å². The van der Waals surface area contributed by atoms with Crippen LogP contribution in [0.3, 0.4) is 0 Å². The van der Waals surface area contributed by atoms with Crippen molar-refractivity contribution in [3.05, 3.63) is 24.3 Å². The normalized spacial score (nSPS) is 21.0. The second-order valence-corrected chi connectivity index (χ2v) is 10.5. The van der Waals surface area contributed by atoms with Crippen LogP contribution in [0.15, 0.2) is 29.2 Å². The van der Waals surface area contributed by atoms with E-state index in [9.17, 15) is 18.0 Å². The first-order valence-corrected chi connectivity index (χ1v) is 12.6. The van der Waals surface area contributed by atoms with E-state index in [2.05, 4.69) is 5.32 Å². The highest BCUT2D eigenvalue weighted by molar-refractivity contribution is 7.89. The predicted molar refractivity (Wildman–Crippen MR) is 120 cm³/mol. The van der Waals surface area contributed by atoms with Gasteiger partial charge in [0.2, 0.25) is 15.9 Å². The lowest BCUT2D eigenvalue weighted by Crippen LogP contribution is -2.45. The molecule has 1 atom stereocenters. The van der Waals surface area contributed by atoms with Gasteiger partial charge in [-0.3, -0.25) is 4.79 Å². The number of benzene rings is 1. The first-order chi connectivity index (χ1) is 14.7. The van der Waals surface area contributed by atoms with Gasteiger partial charge in [0.05, 0.1) is 4.90 Å². The minimum absolute atomic E-state index is 0.0327. The Kier molecular flexibility index (Phi) is 7.59. The van der Waals surface area contributed by atoms with E-state index in [1.165, 1.54) is 0 Å². The molecule has 8 nitrogen and oxygen atoms in total. The third-order valence-electron chi connectivity index (χ3n) is 6.29. The van der Waals surface area contributed by atoms with Crippen molar-refractivity contribution in [2.75, 3.05) is 39.0 Å². The van der Waals surface area contributed by atoms with Crippen LogP contribution in [0.5, 0.6) is 0 Å². The maximum atomic E-state index is 13.1. The molecule has 2 aliphatic heterocycles. The van der Waals surface area contributed by atoms with Crippen molar-refractivity contribution in [1.29, 1.82) is 0 Å². The molecule has 2 aliphatic rings. The van der Waals surface area contributed by atoms with Gasteiger partial charge in [-0.05, 0) is 56.4 Å². The number of nitrogens with one attached hydrogen (secondary N) is 1. The van der Waals surface area contributed by atoms with Crippen molar-refractivity contribution >= 4 is 27.6 Å². The van der Waals surface area contributed by atoms with Gasteiger partial charge in [-0.15, -0.1) is 0 Å². The first kappa shape index (κ1) is 23.5. The monoisotopic (exact) mass is 450 g/mol. The molecule has 2 saturated heterocycles. The smallest absolute Gasteiger partial charge is 0.319 e. The molecule has 0 saturated carbocycles. The highest BCUT2D eigenvalue weighted by Gasteiger charge is 2.32. The molecule has 2 heterocycles. The summed E-state index contributed by atoms with van der Waals surface area (Å²) in [5, 5.41) is 2.90. The molecule has 0 radical (unpaired) electrons. The van der Waals surface area contributed by atoms with Crippen LogP contribution < -0.4 is 5.32 Å². The minimum atomic E-state index is -3.53. The average molecular weight is 451 g/mol. The molecule has 0 aromatic heterocycles. The SMILES string of the molecule is CC[C@@H]1CCCCN1S(=O)(=O)c1ccc(NC(=O)C2CCN(C(=O)N(C)C)CC2)cc1. The molecule has 0 bridgehead atoms. The molecule has 172 valence electrons. The highest BCUT2D eigenvalue weighted by Crippen LogP contribution is 2.28. The van der Waals surface area contributed by atoms with E-state index in [4.69, 9.17) is 0 Å². The zero-order valence-corrected chi connectivity index (χ0v) is 19.5. The molecule has 31 heavy (non-hydrogen) atoms. The molecule has 0 spiro atoms. The molecular formula is C22H34N4O4S. The number of amides is 3. The summed E-state index contributed by atoms with van der Waals surface area (Å²) in [5.41, 5.74) is 0.585. The summed E-state index contributed by atoms with van der Waals surface area (Å²) in [4.78, 5) is 28.2. The van der Waals surface area contributed by atoms with Crippen LogP contribution in [0, 0.1) is 5.92 Å². The second kappa shape index (κ2) is 9.99. The number of carbonyl (C=O) groups excluding carboxylic acids is 2. The molecule has 3 amide bonds. The predicted octanol–water partition coefficient (Wildman–Crippen LogP) is 2.97. The lowest BCUT2D eigenvalue weighted by Gasteiger charge is -2.34. The zero-order valence-electron chi connectivity index (χ0n) is 18.7. The molecule has 0 unspecified atom stereocenters. The number of piperidine rings is 2. The van der Waals surface area contributed by atoms with Crippen molar-refractivity contribution in [2.45, 2.75) is 56.4 Å². The summed E-state index contributed by atoms with van der Waals surface area (Å²) in [5.74, 6) is -0.247. The maximum Gasteiger partial charge on any atom is 0.319 e. The third kappa shape index (κ3) is 5.38. The molecular weight excluding hydrogens is 416 g/mol. The van der Waals surface area contributed by atoms with E-state index in [-0.39, 0.29) is 28.8 Å². The Morgan fingerprint density at radius 1 is 1.03 bits per heavy atom. The van der Waals surface area contributed by atoms with Gasteiger partial charge in [0.25, 0.3) is 0 Å². The van der Waals surface area contributed by atoms with E-state index < -0.39 is 10.0 Å². The number of nitrogens with zero attached hydrogens (tertiary/aromatic N) is 3. The Morgan fingerprint density at radius 3 is 2.26 bits per heavy atom. The number of likely N-dealkylation sites (tertiary alicyclic amines) is 1.